The predicted octanol–water partition coefficient (Wildman–Crippen LogP) is -0.489. The van der Waals surface area contributed by atoms with Crippen molar-refractivity contribution in [2.45, 2.75) is 6.42 Å². The zero-order chi connectivity index (χ0) is 9.56. The summed E-state index contributed by atoms with van der Waals surface area (Å²) in [5, 5.41) is 2.56. The molecule has 0 aromatic heterocycles. The monoisotopic (exact) mass is 190 g/mol. The van der Waals surface area contributed by atoms with E-state index in [1.165, 1.54) is 4.90 Å². The van der Waals surface area contributed by atoms with Gasteiger partial charge in [-0.3, -0.25) is 9.59 Å². The van der Waals surface area contributed by atoms with E-state index < -0.39 is 0 Å². The summed E-state index contributed by atoms with van der Waals surface area (Å²) in [7, 11) is 3.24. The Morgan fingerprint density at radius 3 is 2.42 bits per heavy atom. The SMILES string of the molecule is CN(C)C(=O)CC(=O)NCCS. The molecule has 0 saturated heterocycles. The molecule has 0 spiro atoms. The largest absolute Gasteiger partial charge is 0.355 e. The number of nitrogens with one attached hydrogen (secondary N) is 1. The second-order valence-electron chi connectivity index (χ2n) is 2.54. The summed E-state index contributed by atoms with van der Waals surface area (Å²) >= 11 is 3.92. The Labute approximate surface area is 77.7 Å². The van der Waals surface area contributed by atoms with Crippen molar-refractivity contribution in [2.75, 3.05) is 26.4 Å². The summed E-state index contributed by atoms with van der Waals surface area (Å²) in [6.07, 6.45) is -0.0826. The van der Waals surface area contributed by atoms with Gasteiger partial charge in [0.05, 0.1) is 0 Å². The smallest absolute Gasteiger partial charge is 0.231 e. The molecule has 1 N–H and O–H groups in total. The van der Waals surface area contributed by atoms with Crippen molar-refractivity contribution in [2.24, 2.45) is 0 Å². The minimum absolute atomic E-state index is 0.0826. The molecule has 2 amide bonds. The van der Waals surface area contributed by atoms with E-state index in [1.807, 2.05) is 0 Å². The van der Waals surface area contributed by atoms with Crippen molar-refractivity contribution in [3.05, 3.63) is 0 Å². The molecule has 70 valence electrons. The quantitative estimate of drug-likeness (QED) is 0.464. The van der Waals surface area contributed by atoms with Gasteiger partial charge in [-0.15, -0.1) is 0 Å². The predicted molar refractivity (Wildman–Crippen MR) is 50.2 cm³/mol. The van der Waals surface area contributed by atoms with Crippen LogP contribution in [0.25, 0.3) is 0 Å². The van der Waals surface area contributed by atoms with Crippen molar-refractivity contribution in [3.63, 3.8) is 0 Å². The summed E-state index contributed by atoms with van der Waals surface area (Å²) in [5.41, 5.74) is 0. The standard InChI is InChI=1S/C7H14N2O2S/c1-9(2)7(11)5-6(10)8-3-4-12/h12H,3-5H2,1-2H3,(H,8,10). The highest BCUT2D eigenvalue weighted by molar-refractivity contribution is 7.80. The Bertz CT molecular complexity index is 171. The minimum atomic E-state index is -0.247. The molecule has 0 bridgehead atoms. The highest BCUT2D eigenvalue weighted by Crippen LogP contribution is 1.86. The number of rotatable bonds is 4. The molecule has 0 atom stereocenters. The first-order valence-electron chi connectivity index (χ1n) is 3.65. The fourth-order valence-electron chi connectivity index (χ4n) is 0.553. The van der Waals surface area contributed by atoms with Crippen LogP contribution in [0.4, 0.5) is 0 Å². The number of amides is 2. The molecule has 0 saturated carbocycles. The lowest BCUT2D eigenvalue weighted by Crippen LogP contribution is -2.32. The molecule has 0 radical (unpaired) electrons. The molecular weight excluding hydrogens is 176 g/mol. The maximum Gasteiger partial charge on any atom is 0.231 e. The van der Waals surface area contributed by atoms with Crippen LogP contribution in [0.1, 0.15) is 6.42 Å². The number of carbonyl (C=O) groups is 2. The van der Waals surface area contributed by atoms with Crippen molar-refractivity contribution in [1.29, 1.82) is 0 Å². The van der Waals surface area contributed by atoms with Gasteiger partial charge in [-0.25, -0.2) is 0 Å². The Morgan fingerprint density at radius 2 is 2.00 bits per heavy atom. The van der Waals surface area contributed by atoms with Crippen LogP contribution in [0.2, 0.25) is 0 Å². The van der Waals surface area contributed by atoms with Crippen LogP contribution in [0.3, 0.4) is 0 Å². The number of hydrogen-bond acceptors (Lipinski definition) is 3. The normalized spacial score (nSPS) is 9.25. The lowest BCUT2D eigenvalue weighted by Gasteiger charge is -2.09. The molecule has 0 aliphatic rings. The maximum absolute atomic E-state index is 11.0. The van der Waals surface area contributed by atoms with E-state index >= 15 is 0 Å². The first-order valence-corrected chi connectivity index (χ1v) is 4.29. The van der Waals surface area contributed by atoms with Crippen LogP contribution >= 0.6 is 12.6 Å². The number of nitrogens with zero attached hydrogens (tertiary/aromatic N) is 1. The van der Waals surface area contributed by atoms with Gasteiger partial charge in [0.25, 0.3) is 0 Å². The highest BCUT2D eigenvalue weighted by atomic mass is 32.1. The zero-order valence-electron chi connectivity index (χ0n) is 7.33. The first kappa shape index (κ1) is 11.3. The number of hydrogen-bond donors (Lipinski definition) is 2. The van der Waals surface area contributed by atoms with E-state index in [2.05, 4.69) is 17.9 Å². The molecule has 0 aromatic rings. The van der Waals surface area contributed by atoms with E-state index in [9.17, 15) is 9.59 Å². The number of carbonyl (C=O) groups excluding carboxylic acids is 2. The summed E-state index contributed by atoms with van der Waals surface area (Å²) in [5.74, 6) is 0.149. The van der Waals surface area contributed by atoms with E-state index in [4.69, 9.17) is 0 Å². The van der Waals surface area contributed by atoms with Gasteiger partial charge in [-0.1, -0.05) is 0 Å². The van der Waals surface area contributed by atoms with Crippen LogP contribution in [0.5, 0.6) is 0 Å². The molecule has 0 aliphatic heterocycles. The van der Waals surface area contributed by atoms with Gasteiger partial charge in [-0.2, -0.15) is 12.6 Å². The van der Waals surface area contributed by atoms with E-state index in [0.29, 0.717) is 12.3 Å². The molecular formula is C7H14N2O2S. The average molecular weight is 190 g/mol. The third-order valence-corrected chi connectivity index (χ3v) is 1.47. The minimum Gasteiger partial charge on any atom is -0.355 e. The molecule has 0 heterocycles. The highest BCUT2D eigenvalue weighted by Gasteiger charge is 2.09. The van der Waals surface area contributed by atoms with Gasteiger partial charge in [0.15, 0.2) is 0 Å². The van der Waals surface area contributed by atoms with Gasteiger partial charge in [0, 0.05) is 26.4 Å². The summed E-state index contributed by atoms with van der Waals surface area (Å²) in [6.45, 7) is 0.503. The van der Waals surface area contributed by atoms with Gasteiger partial charge in [0.1, 0.15) is 6.42 Å². The maximum atomic E-state index is 11.0. The Hall–Kier alpha value is -0.710. The van der Waals surface area contributed by atoms with Crippen LogP contribution in [-0.4, -0.2) is 43.1 Å². The van der Waals surface area contributed by atoms with E-state index in [1.54, 1.807) is 14.1 Å². The van der Waals surface area contributed by atoms with Crippen molar-refractivity contribution >= 4 is 24.4 Å². The molecule has 12 heavy (non-hydrogen) atoms. The first-order chi connectivity index (χ1) is 5.57. The van der Waals surface area contributed by atoms with E-state index in [0.717, 1.165) is 0 Å². The van der Waals surface area contributed by atoms with Crippen molar-refractivity contribution < 1.29 is 9.59 Å². The second-order valence-corrected chi connectivity index (χ2v) is 2.99. The topological polar surface area (TPSA) is 49.4 Å². The third-order valence-electron chi connectivity index (χ3n) is 1.24. The van der Waals surface area contributed by atoms with Crippen molar-refractivity contribution in [3.8, 4) is 0 Å². The van der Waals surface area contributed by atoms with Gasteiger partial charge in [0.2, 0.25) is 11.8 Å². The van der Waals surface area contributed by atoms with Gasteiger partial charge >= 0.3 is 0 Å². The van der Waals surface area contributed by atoms with Gasteiger partial charge in [-0.05, 0) is 0 Å². The Morgan fingerprint density at radius 1 is 1.42 bits per heavy atom. The third kappa shape index (κ3) is 5.01. The van der Waals surface area contributed by atoms with E-state index in [-0.39, 0.29) is 18.2 Å². The molecule has 5 heteroatoms. The van der Waals surface area contributed by atoms with Crippen LogP contribution in [-0.2, 0) is 9.59 Å². The summed E-state index contributed by atoms with van der Waals surface area (Å²) in [4.78, 5) is 23.3. The molecule has 0 unspecified atom stereocenters. The van der Waals surface area contributed by atoms with Crippen LogP contribution in [0.15, 0.2) is 0 Å². The summed E-state index contributed by atoms with van der Waals surface area (Å²) < 4.78 is 0. The lowest BCUT2D eigenvalue weighted by atomic mass is 10.3. The average Bonchev–Trinajstić information content (AvgIpc) is 2.00. The van der Waals surface area contributed by atoms with Crippen LogP contribution < -0.4 is 5.32 Å². The molecule has 0 aromatic carbocycles. The number of thiol groups is 1. The molecule has 0 fully saturated rings. The molecule has 0 rings (SSSR count). The fourth-order valence-corrected chi connectivity index (χ4v) is 0.665. The second kappa shape index (κ2) is 5.88. The van der Waals surface area contributed by atoms with Crippen molar-refractivity contribution in [1.82, 2.24) is 10.2 Å². The fraction of sp³-hybridized carbons (Fsp3) is 0.714. The summed E-state index contributed by atoms with van der Waals surface area (Å²) in [6, 6.07) is 0. The molecule has 4 nitrogen and oxygen atoms in total. The zero-order valence-corrected chi connectivity index (χ0v) is 8.23. The molecule has 0 aliphatic carbocycles. The van der Waals surface area contributed by atoms with Gasteiger partial charge < -0.3 is 10.2 Å². The Kier molecular flexibility index (Phi) is 5.53. The van der Waals surface area contributed by atoms with Crippen LogP contribution in [0, 0.1) is 0 Å². The lowest BCUT2D eigenvalue weighted by molar-refractivity contribution is -0.134. The Balaban J connectivity index is 3.62.